The molecule has 0 aliphatic carbocycles. The summed E-state index contributed by atoms with van der Waals surface area (Å²) < 4.78 is 29.2. The highest BCUT2D eigenvalue weighted by atomic mass is 19.3. The zero-order chi connectivity index (χ0) is 14.8. The number of halogens is 2. The Morgan fingerprint density at radius 1 is 1.29 bits per heavy atom. The molecular weight excluding hydrogens is 278 g/mol. The zero-order valence-electron chi connectivity index (χ0n) is 11.6. The van der Waals surface area contributed by atoms with E-state index in [1.165, 1.54) is 0 Å². The van der Waals surface area contributed by atoms with Crippen LogP contribution in [0.25, 0.3) is 0 Å². The van der Waals surface area contributed by atoms with Gasteiger partial charge in [-0.3, -0.25) is 9.69 Å². The number of carbonyl (C=O) groups is 1. The van der Waals surface area contributed by atoms with Gasteiger partial charge in [-0.2, -0.15) is 0 Å². The number of nitrogens with one attached hydrogen (secondary N) is 1. The van der Waals surface area contributed by atoms with Gasteiger partial charge in [0.05, 0.1) is 6.04 Å². The smallest absolute Gasteiger partial charge is 0.272 e. The van der Waals surface area contributed by atoms with Crippen LogP contribution in [-0.2, 0) is 4.79 Å². The van der Waals surface area contributed by atoms with Gasteiger partial charge in [-0.15, -0.1) is 0 Å². The van der Waals surface area contributed by atoms with Crippen molar-refractivity contribution in [1.82, 2.24) is 10.2 Å². The van der Waals surface area contributed by atoms with Crippen LogP contribution in [0.2, 0.25) is 0 Å². The molecule has 2 aliphatic heterocycles. The van der Waals surface area contributed by atoms with Gasteiger partial charge in [0, 0.05) is 6.54 Å². The van der Waals surface area contributed by atoms with Gasteiger partial charge < -0.3 is 10.1 Å². The van der Waals surface area contributed by atoms with Crippen LogP contribution in [0.3, 0.4) is 0 Å². The zero-order valence-corrected chi connectivity index (χ0v) is 11.6. The third-order valence-electron chi connectivity index (χ3n) is 4.03. The minimum atomic E-state index is -2.48. The van der Waals surface area contributed by atoms with Crippen LogP contribution in [0.5, 0.6) is 5.75 Å². The Balaban J connectivity index is 1.70. The summed E-state index contributed by atoms with van der Waals surface area (Å²) in [5.41, 5.74) is 0.956. The molecule has 1 aromatic rings. The van der Waals surface area contributed by atoms with E-state index in [2.05, 4.69) is 10.2 Å². The van der Waals surface area contributed by atoms with Crippen molar-refractivity contribution in [3.63, 3.8) is 0 Å². The molecule has 3 rings (SSSR count). The van der Waals surface area contributed by atoms with Gasteiger partial charge in [0.15, 0.2) is 0 Å². The molecule has 2 heterocycles. The molecule has 0 spiro atoms. The summed E-state index contributed by atoms with van der Waals surface area (Å²) in [6, 6.07) is 6.95. The van der Waals surface area contributed by atoms with Gasteiger partial charge in [-0.25, -0.2) is 8.78 Å². The van der Waals surface area contributed by atoms with E-state index in [0.717, 1.165) is 31.4 Å². The minimum absolute atomic E-state index is 0.0292. The Morgan fingerprint density at radius 2 is 2.05 bits per heavy atom. The lowest BCUT2D eigenvalue weighted by Gasteiger charge is -2.31. The summed E-state index contributed by atoms with van der Waals surface area (Å²) in [5.74, 6) is 0.497. The molecule has 0 saturated carbocycles. The molecule has 0 aromatic heterocycles. The molecule has 21 heavy (non-hydrogen) atoms. The van der Waals surface area contributed by atoms with E-state index in [1.54, 1.807) is 12.1 Å². The van der Waals surface area contributed by atoms with Crippen molar-refractivity contribution < 1.29 is 18.3 Å². The van der Waals surface area contributed by atoms with Crippen LogP contribution >= 0.6 is 0 Å². The number of fused-ring (bicyclic) bond motifs is 1. The molecule has 2 saturated heterocycles. The number of alkyl halides is 2. The number of piperidine rings is 1. The highest BCUT2D eigenvalue weighted by molar-refractivity contribution is 5.84. The molecule has 1 aromatic carbocycles. The first kappa shape index (κ1) is 14.3. The first-order valence-electron chi connectivity index (χ1n) is 7.22. The third kappa shape index (κ3) is 3.00. The van der Waals surface area contributed by atoms with Crippen molar-refractivity contribution in [3.8, 4) is 5.75 Å². The van der Waals surface area contributed by atoms with E-state index in [0.29, 0.717) is 5.75 Å². The van der Waals surface area contributed by atoms with Crippen molar-refractivity contribution in [2.24, 2.45) is 0 Å². The monoisotopic (exact) mass is 296 g/mol. The van der Waals surface area contributed by atoms with E-state index >= 15 is 0 Å². The molecule has 0 unspecified atom stereocenters. The molecule has 4 nitrogen and oxygen atoms in total. The second-order valence-electron chi connectivity index (χ2n) is 5.43. The van der Waals surface area contributed by atoms with Gasteiger partial charge in [0.25, 0.3) is 6.43 Å². The van der Waals surface area contributed by atoms with Crippen molar-refractivity contribution >= 4 is 5.91 Å². The second kappa shape index (κ2) is 5.97. The Bertz CT molecular complexity index is 507. The number of hydrogen-bond acceptors (Lipinski definition) is 3. The van der Waals surface area contributed by atoms with Gasteiger partial charge in [0.1, 0.15) is 18.5 Å². The van der Waals surface area contributed by atoms with Crippen molar-refractivity contribution in [3.05, 3.63) is 29.8 Å². The van der Waals surface area contributed by atoms with Crippen molar-refractivity contribution in [2.75, 3.05) is 13.2 Å². The standard InChI is InChI=1S/C15H18F2N2O2/c16-13(17)9-21-11-6-4-10(5-7-11)14-18-15(20)12-3-1-2-8-19(12)14/h4-7,12-14H,1-3,8-9H2,(H,18,20)/t12-,14+/m1/s1. The largest absolute Gasteiger partial charge is 0.488 e. The molecule has 2 fully saturated rings. The molecule has 0 radical (unpaired) electrons. The minimum Gasteiger partial charge on any atom is -0.488 e. The number of hydrogen-bond donors (Lipinski definition) is 1. The predicted molar refractivity (Wildman–Crippen MR) is 73.2 cm³/mol. The Labute approximate surface area is 122 Å². The van der Waals surface area contributed by atoms with E-state index in [9.17, 15) is 13.6 Å². The molecule has 114 valence electrons. The lowest BCUT2D eigenvalue weighted by molar-refractivity contribution is -0.122. The molecular formula is C15H18F2N2O2. The average molecular weight is 296 g/mol. The lowest BCUT2D eigenvalue weighted by atomic mass is 10.0. The van der Waals surface area contributed by atoms with Crippen LogP contribution in [0, 0.1) is 0 Å². The fourth-order valence-electron chi connectivity index (χ4n) is 3.04. The van der Waals surface area contributed by atoms with Crippen molar-refractivity contribution in [1.29, 1.82) is 0 Å². The van der Waals surface area contributed by atoms with E-state index in [4.69, 9.17) is 4.74 Å². The summed E-state index contributed by atoms with van der Waals surface area (Å²) in [7, 11) is 0. The first-order valence-corrected chi connectivity index (χ1v) is 7.22. The highest BCUT2D eigenvalue weighted by Gasteiger charge is 2.41. The third-order valence-corrected chi connectivity index (χ3v) is 4.03. The Morgan fingerprint density at radius 3 is 2.76 bits per heavy atom. The van der Waals surface area contributed by atoms with Crippen LogP contribution in [0.15, 0.2) is 24.3 Å². The number of ether oxygens (including phenoxy) is 1. The SMILES string of the molecule is O=C1N[C@H](c2ccc(OCC(F)F)cc2)N2CCCC[C@H]12. The summed E-state index contributed by atoms with van der Waals surface area (Å²) in [6.07, 6.45) is 0.483. The van der Waals surface area contributed by atoms with Gasteiger partial charge in [-0.1, -0.05) is 18.6 Å². The summed E-state index contributed by atoms with van der Waals surface area (Å²) in [5, 5.41) is 3.01. The van der Waals surface area contributed by atoms with Crippen LogP contribution in [0.4, 0.5) is 8.78 Å². The van der Waals surface area contributed by atoms with E-state index in [-0.39, 0.29) is 18.1 Å². The number of amides is 1. The van der Waals surface area contributed by atoms with Gasteiger partial charge in [0.2, 0.25) is 5.91 Å². The maximum Gasteiger partial charge on any atom is 0.272 e. The molecule has 2 aliphatic rings. The molecule has 1 amide bonds. The highest BCUT2D eigenvalue weighted by Crippen LogP contribution is 2.32. The second-order valence-corrected chi connectivity index (χ2v) is 5.43. The molecule has 6 heteroatoms. The van der Waals surface area contributed by atoms with Crippen LogP contribution in [0.1, 0.15) is 31.0 Å². The fourth-order valence-corrected chi connectivity index (χ4v) is 3.04. The van der Waals surface area contributed by atoms with Gasteiger partial charge >= 0.3 is 0 Å². The number of nitrogens with zero attached hydrogens (tertiary/aromatic N) is 1. The van der Waals surface area contributed by atoms with Crippen LogP contribution < -0.4 is 10.1 Å². The number of benzene rings is 1. The Kier molecular flexibility index (Phi) is 4.05. The maximum absolute atomic E-state index is 12.1. The lowest BCUT2D eigenvalue weighted by Crippen LogP contribution is -2.38. The average Bonchev–Trinajstić information content (AvgIpc) is 2.83. The maximum atomic E-state index is 12.1. The Hall–Kier alpha value is -1.69. The van der Waals surface area contributed by atoms with E-state index < -0.39 is 13.0 Å². The normalized spacial score (nSPS) is 25.8. The summed E-state index contributed by atoms with van der Waals surface area (Å²) >= 11 is 0. The fraction of sp³-hybridized carbons (Fsp3) is 0.533. The van der Waals surface area contributed by atoms with Crippen molar-refractivity contribution in [2.45, 2.75) is 37.9 Å². The number of rotatable bonds is 4. The summed E-state index contributed by atoms with van der Waals surface area (Å²) in [6.45, 7) is 0.297. The van der Waals surface area contributed by atoms with Gasteiger partial charge in [-0.05, 0) is 30.5 Å². The van der Waals surface area contributed by atoms with E-state index in [1.807, 2.05) is 12.1 Å². The molecule has 2 atom stereocenters. The number of carbonyl (C=O) groups excluding carboxylic acids is 1. The first-order chi connectivity index (χ1) is 10.1. The topological polar surface area (TPSA) is 41.6 Å². The van der Waals surface area contributed by atoms with Crippen LogP contribution in [-0.4, -0.2) is 36.4 Å². The predicted octanol–water partition coefficient (Wildman–Crippen LogP) is 2.31. The quantitative estimate of drug-likeness (QED) is 0.927. The molecule has 0 bridgehead atoms. The summed E-state index contributed by atoms with van der Waals surface area (Å²) in [4.78, 5) is 14.2. The molecule has 1 N–H and O–H groups in total.